The quantitative estimate of drug-likeness (QED) is 0.332. The fourth-order valence-electron chi connectivity index (χ4n) is 4.70. The SMILES string of the molecule is Cc1ccc([C@H]2/C(=C(\O)c3cnn(-c4ccccc4)c3C)C(=O)C(=O)N2CCN2CCOCC2)o1. The van der Waals surface area contributed by atoms with Crippen LogP contribution in [0.1, 0.15) is 28.8 Å². The number of aliphatic hydroxyl groups excluding tert-OH is 1. The van der Waals surface area contributed by atoms with Crippen molar-refractivity contribution in [2.24, 2.45) is 0 Å². The van der Waals surface area contributed by atoms with Gasteiger partial charge in [0, 0.05) is 26.2 Å². The highest BCUT2D eigenvalue weighted by atomic mass is 16.5. The van der Waals surface area contributed by atoms with Crippen molar-refractivity contribution in [1.29, 1.82) is 0 Å². The van der Waals surface area contributed by atoms with Crippen LogP contribution in [-0.4, -0.2) is 75.8 Å². The molecule has 182 valence electrons. The second-order valence-electron chi connectivity index (χ2n) is 8.79. The molecule has 2 aliphatic rings. The molecule has 5 rings (SSSR count). The molecule has 1 N–H and O–H groups in total. The minimum absolute atomic E-state index is 0.0158. The van der Waals surface area contributed by atoms with E-state index >= 15 is 0 Å². The zero-order valence-electron chi connectivity index (χ0n) is 19.8. The van der Waals surface area contributed by atoms with Gasteiger partial charge < -0.3 is 19.2 Å². The molecule has 0 aliphatic carbocycles. The maximum atomic E-state index is 13.2. The molecule has 4 heterocycles. The van der Waals surface area contributed by atoms with Gasteiger partial charge in [-0.3, -0.25) is 14.5 Å². The van der Waals surface area contributed by atoms with E-state index in [1.165, 1.54) is 11.1 Å². The van der Waals surface area contributed by atoms with Crippen molar-refractivity contribution in [3.63, 3.8) is 0 Å². The Kier molecular flexibility index (Phi) is 6.27. The van der Waals surface area contributed by atoms with Crippen molar-refractivity contribution in [2.75, 3.05) is 39.4 Å². The topological polar surface area (TPSA) is 101 Å². The van der Waals surface area contributed by atoms with E-state index in [0.717, 1.165) is 18.8 Å². The molecule has 1 atom stereocenters. The Hall–Kier alpha value is -3.69. The van der Waals surface area contributed by atoms with Gasteiger partial charge in [0.2, 0.25) is 0 Å². The molecule has 2 aromatic heterocycles. The number of likely N-dealkylation sites (tertiary alicyclic amines) is 1. The van der Waals surface area contributed by atoms with Crippen LogP contribution in [0.5, 0.6) is 0 Å². The standard InChI is InChI=1S/C26H28N4O5/c1-17-8-9-21(35-17)23-22(25(32)26(33)29(23)11-10-28-12-14-34-15-13-28)24(31)20-16-27-30(18(20)2)19-6-4-3-5-7-19/h3-9,16,23,31H,10-15H2,1-2H3/b24-22+/t23-/m0/s1. The molecule has 9 heteroatoms. The summed E-state index contributed by atoms with van der Waals surface area (Å²) in [5.74, 6) is -0.525. The van der Waals surface area contributed by atoms with Gasteiger partial charge in [-0.2, -0.15) is 5.10 Å². The fourth-order valence-corrected chi connectivity index (χ4v) is 4.70. The van der Waals surface area contributed by atoms with E-state index < -0.39 is 17.7 Å². The van der Waals surface area contributed by atoms with E-state index in [1.54, 1.807) is 23.7 Å². The van der Waals surface area contributed by atoms with Gasteiger partial charge in [-0.05, 0) is 38.1 Å². The lowest BCUT2D eigenvalue weighted by Crippen LogP contribution is -2.42. The number of furan rings is 1. The van der Waals surface area contributed by atoms with Gasteiger partial charge in [-0.1, -0.05) is 18.2 Å². The summed E-state index contributed by atoms with van der Waals surface area (Å²) >= 11 is 0. The Morgan fingerprint density at radius 2 is 1.80 bits per heavy atom. The number of aliphatic hydroxyl groups is 1. The summed E-state index contributed by atoms with van der Waals surface area (Å²) in [6.07, 6.45) is 1.52. The predicted molar refractivity (Wildman–Crippen MR) is 128 cm³/mol. The molecular formula is C26H28N4O5. The minimum atomic E-state index is -0.816. The number of rotatable bonds is 6. The third-order valence-corrected chi connectivity index (χ3v) is 6.60. The number of para-hydroxylation sites is 1. The molecule has 3 aromatic rings. The van der Waals surface area contributed by atoms with E-state index in [2.05, 4.69) is 10.00 Å². The van der Waals surface area contributed by atoms with Crippen LogP contribution in [0.4, 0.5) is 0 Å². The first kappa shape index (κ1) is 23.1. The smallest absolute Gasteiger partial charge is 0.295 e. The minimum Gasteiger partial charge on any atom is -0.507 e. The highest BCUT2D eigenvalue weighted by Crippen LogP contribution is 2.40. The number of nitrogens with zero attached hydrogens (tertiary/aromatic N) is 4. The Bertz CT molecular complexity index is 1270. The molecule has 0 saturated carbocycles. The fraction of sp³-hybridized carbons (Fsp3) is 0.346. The molecule has 0 unspecified atom stereocenters. The lowest BCUT2D eigenvalue weighted by atomic mass is 9.99. The lowest BCUT2D eigenvalue weighted by Gasteiger charge is -2.30. The molecule has 35 heavy (non-hydrogen) atoms. The molecule has 0 radical (unpaired) electrons. The zero-order valence-corrected chi connectivity index (χ0v) is 19.8. The summed E-state index contributed by atoms with van der Waals surface area (Å²) in [6, 6.07) is 12.2. The highest BCUT2D eigenvalue weighted by Gasteiger charge is 2.47. The van der Waals surface area contributed by atoms with Gasteiger partial charge in [0.15, 0.2) is 0 Å². The summed E-state index contributed by atoms with van der Waals surface area (Å²) in [6.45, 7) is 7.37. The number of aryl methyl sites for hydroxylation is 1. The van der Waals surface area contributed by atoms with Crippen LogP contribution >= 0.6 is 0 Å². The normalized spacial score (nSPS) is 20.6. The van der Waals surface area contributed by atoms with Crippen LogP contribution in [0, 0.1) is 13.8 Å². The second kappa shape index (κ2) is 9.52. The third kappa shape index (κ3) is 4.28. The van der Waals surface area contributed by atoms with Gasteiger partial charge in [0.25, 0.3) is 11.7 Å². The highest BCUT2D eigenvalue weighted by molar-refractivity contribution is 6.46. The van der Waals surface area contributed by atoms with Crippen LogP contribution in [0.3, 0.4) is 0 Å². The van der Waals surface area contributed by atoms with E-state index in [4.69, 9.17) is 9.15 Å². The maximum absolute atomic E-state index is 13.2. The van der Waals surface area contributed by atoms with E-state index in [1.807, 2.05) is 37.3 Å². The lowest BCUT2D eigenvalue weighted by molar-refractivity contribution is -0.140. The van der Waals surface area contributed by atoms with Crippen molar-refractivity contribution in [3.05, 3.63) is 77.0 Å². The number of amides is 1. The van der Waals surface area contributed by atoms with E-state index in [0.29, 0.717) is 49.1 Å². The number of carbonyl (C=O) groups excluding carboxylic acids is 2. The summed E-state index contributed by atoms with van der Waals surface area (Å²) in [4.78, 5) is 30.1. The molecule has 1 amide bonds. The van der Waals surface area contributed by atoms with Crippen molar-refractivity contribution in [2.45, 2.75) is 19.9 Å². The first-order chi connectivity index (χ1) is 17.0. The number of carbonyl (C=O) groups is 2. The zero-order chi connectivity index (χ0) is 24.5. The molecule has 1 aromatic carbocycles. The van der Waals surface area contributed by atoms with Crippen molar-refractivity contribution in [1.82, 2.24) is 19.6 Å². The number of aromatic nitrogens is 2. The number of Topliss-reactive ketones (excluding diaryl/α,β-unsaturated/α-hetero) is 1. The number of benzene rings is 1. The van der Waals surface area contributed by atoms with Crippen LogP contribution in [-0.2, 0) is 14.3 Å². The average Bonchev–Trinajstić information content (AvgIpc) is 3.55. The summed E-state index contributed by atoms with van der Waals surface area (Å²) in [5, 5.41) is 15.8. The largest absolute Gasteiger partial charge is 0.507 e. The third-order valence-electron chi connectivity index (χ3n) is 6.60. The first-order valence-corrected chi connectivity index (χ1v) is 11.7. The van der Waals surface area contributed by atoms with Crippen LogP contribution in [0.15, 0.2) is 58.7 Å². The Morgan fingerprint density at radius 1 is 1.06 bits per heavy atom. The van der Waals surface area contributed by atoms with Gasteiger partial charge in [0.05, 0.1) is 41.9 Å². The Balaban J connectivity index is 1.54. The van der Waals surface area contributed by atoms with Gasteiger partial charge in [0.1, 0.15) is 23.3 Å². The number of ketones is 1. The van der Waals surface area contributed by atoms with Crippen molar-refractivity contribution in [3.8, 4) is 5.69 Å². The Labute approximate surface area is 203 Å². The van der Waals surface area contributed by atoms with Crippen molar-refractivity contribution >= 4 is 17.4 Å². The summed E-state index contributed by atoms with van der Waals surface area (Å²) in [7, 11) is 0. The molecule has 9 nitrogen and oxygen atoms in total. The van der Waals surface area contributed by atoms with Gasteiger partial charge in [-0.15, -0.1) is 0 Å². The van der Waals surface area contributed by atoms with E-state index in [-0.39, 0.29) is 11.3 Å². The Morgan fingerprint density at radius 3 is 2.49 bits per heavy atom. The molecule has 2 saturated heterocycles. The van der Waals surface area contributed by atoms with Gasteiger partial charge in [-0.25, -0.2) is 4.68 Å². The van der Waals surface area contributed by atoms with Gasteiger partial charge >= 0.3 is 0 Å². The molecule has 2 aliphatic heterocycles. The number of hydrogen-bond acceptors (Lipinski definition) is 7. The van der Waals surface area contributed by atoms with Crippen molar-refractivity contribution < 1.29 is 23.8 Å². The average molecular weight is 477 g/mol. The summed E-state index contributed by atoms with van der Waals surface area (Å²) < 4.78 is 13.0. The molecule has 0 spiro atoms. The monoisotopic (exact) mass is 476 g/mol. The van der Waals surface area contributed by atoms with Crippen LogP contribution < -0.4 is 0 Å². The number of ether oxygens (including phenoxy) is 1. The van der Waals surface area contributed by atoms with Crippen LogP contribution in [0.25, 0.3) is 11.4 Å². The number of morpholine rings is 1. The van der Waals surface area contributed by atoms with Crippen LogP contribution in [0.2, 0.25) is 0 Å². The molecule has 2 fully saturated rings. The predicted octanol–water partition coefficient (Wildman–Crippen LogP) is 2.84. The second-order valence-corrected chi connectivity index (χ2v) is 8.79. The molecule has 0 bridgehead atoms. The van der Waals surface area contributed by atoms with E-state index in [9.17, 15) is 14.7 Å². The number of hydrogen-bond donors (Lipinski definition) is 1. The molecular weight excluding hydrogens is 448 g/mol. The maximum Gasteiger partial charge on any atom is 0.295 e. The summed E-state index contributed by atoms with van der Waals surface area (Å²) in [5.41, 5.74) is 1.89. The first-order valence-electron chi connectivity index (χ1n) is 11.7.